The van der Waals surface area contributed by atoms with Crippen molar-refractivity contribution in [2.45, 2.75) is 27.3 Å². The Morgan fingerprint density at radius 3 is 2.53 bits per heavy atom. The highest BCUT2D eigenvalue weighted by Gasteiger charge is 2.23. The van der Waals surface area contributed by atoms with Gasteiger partial charge in [-0.2, -0.15) is 0 Å². The second-order valence-corrected chi connectivity index (χ2v) is 4.76. The molecule has 0 fully saturated rings. The molecule has 0 amide bonds. The van der Waals surface area contributed by atoms with Crippen LogP contribution in [0, 0.1) is 15.5 Å². The molecular formula is C11H14N2O4. The summed E-state index contributed by atoms with van der Waals surface area (Å²) in [6.07, 6.45) is 1.37. The van der Waals surface area contributed by atoms with Gasteiger partial charge in [-0.15, -0.1) is 0 Å². The molecule has 0 atom stereocenters. The Bertz CT molecular complexity index is 511. The summed E-state index contributed by atoms with van der Waals surface area (Å²) in [5.41, 5.74) is -1.85. The molecule has 0 radical (unpaired) electrons. The molecule has 0 aliphatic rings. The second kappa shape index (κ2) is 4.48. The number of hydrogen-bond acceptors (Lipinski definition) is 4. The summed E-state index contributed by atoms with van der Waals surface area (Å²) in [5.74, 6) is -0.153. The lowest BCUT2D eigenvalue weighted by Gasteiger charge is -2.16. The number of Topliss-reactive ketones (excluding diaryl/α,β-unsaturated/α-hetero) is 1. The van der Waals surface area contributed by atoms with Crippen LogP contribution in [0.15, 0.2) is 23.1 Å². The molecule has 0 N–H and O–H groups in total. The van der Waals surface area contributed by atoms with Crippen molar-refractivity contribution in [2.24, 2.45) is 5.41 Å². The highest BCUT2D eigenvalue weighted by Crippen LogP contribution is 2.15. The van der Waals surface area contributed by atoms with Crippen molar-refractivity contribution < 1.29 is 9.72 Å². The Kier molecular flexibility index (Phi) is 3.45. The van der Waals surface area contributed by atoms with Gasteiger partial charge >= 0.3 is 11.2 Å². The Morgan fingerprint density at radius 2 is 2.06 bits per heavy atom. The maximum atomic E-state index is 11.7. The first-order chi connectivity index (χ1) is 7.73. The van der Waals surface area contributed by atoms with Gasteiger partial charge in [0.15, 0.2) is 5.78 Å². The van der Waals surface area contributed by atoms with E-state index in [1.165, 1.54) is 12.3 Å². The minimum Gasteiger partial charge on any atom is -0.302 e. The third-order valence-corrected chi connectivity index (χ3v) is 2.35. The molecule has 0 bridgehead atoms. The van der Waals surface area contributed by atoms with E-state index in [9.17, 15) is 19.7 Å². The summed E-state index contributed by atoms with van der Waals surface area (Å²) in [6.45, 7) is 5.05. The minimum absolute atomic E-state index is 0.149. The Balaban J connectivity index is 3.10. The lowest BCUT2D eigenvalue weighted by atomic mass is 9.91. The van der Waals surface area contributed by atoms with E-state index in [1.807, 2.05) is 0 Å². The van der Waals surface area contributed by atoms with Gasteiger partial charge in [0.2, 0.25) is 0 Å². The van der Waals surface area contributed by atoms with Gasteiger partial charge in [0.05, 0.1) is 11.5 Å². The molecule has 0 aromatic carbocycles. The first-order valence-corrected chi connectivity index (χ1v) is 5.10. The summed E-state index contributed by atoms with van der Waals surface area (Å²) in [5, 5.41) is 10.6. The van der Waals surface area contributed by atoms with Crippen LogP contribution in [0.5, 0.6) is 0 Å². The number of carbonyl (C=O) groups is 1. The summed E-state index contributed by atoms with van der Waals surface area (Å²) in [4.78, 5) is 33.2. The van der Waals surface area contributed by atoms with Crippen molar-refractivity contribution in [3.8, 4) is 0 Å². The molecule has 0 saturated carbocycles. The highest BCUT2D eigenvalue weighted by molar-refractivity contribution is 5.83. The van der Waals surface area contributed by atoms with Crippen LogP contribution < -0.4 is 5.56 Å². The standard InChI is InChI=1S/C11H14N2O4/c1-11(2,3)9(14)7-12-6-4-5-8(10(12)15)13(16)17/h4-6H,7H2,1-3H3. The SMILES string of the molecule is CC(C)(C)C(=O)Cn1cccc([N+](=O)[O-])c1=O. The topological polar surface area (TPSA) is 82.2 Å². The summed E-state index contributed by atoms with van der Waals surface area (Å²) >= 11 is 0. The molecule has 92 valence electrons. The maximum Gasteiger partial charge on any atom is 0.334 e. The van der Waals surface area contributed by atoms with E-state index in [-0.39, 0.29) is 12.3 Å². The van der Waals surface area contributed by atoms with E-state index in [2.05, 4.69) is 0 Å². The average Bonchev–Trinajstić information content (AvgIpc) is 2.19. The number of rotatable bonds is 3. The normalized spacial score (nSPS) is 11.2. The first kappa shape index (κ1) is 13.1. The monoisotopic (exact) mass is 238 g/mol. The highest BCUT2D eigenvalue weighted by atomic mass is 16.6. The first-order valence-electron chi connectivity index (χ1n) is 5.10. The number of nitro groups is 1. The van der Waals surface area contributed by atoms with E-state index >= 15 is 0 Å². The van der Waals surface area contributed by atoms with Crippen molar-refractivity contribution in [3.63, 3.8) is 0 Å². The van der Waals surface area contributed by atoms with Crippen molar-refractivity contribution in [3.05, 3.63) is 38.8 Å². The van der Waals surface area contributed by atoms with Gasteiger partial charge in [0, 0.05) is 17.7 Å². The maximum absolute atomic E-state index is 11.7. The number of pyridine rings is 1. The van der Waals surface area contributed by atoms with Crippen LogP contribution in [0.25, 0.3) is 0 Å². The smallest absolute Gasteiger partial charge is 0.302 e. The lowest BCUT2D eigenvalue weighted by Crippen LogP contribution is -2.31. The summed E-state index contributed by atoms with van der Waals surface area (Å²) < 4.78 is 1.06. The second-order valence-electron chi connectivity index (χ2n) is 4.76. The van der Waals surface area contributed by atoms with Crippen LogP contribution in [0.2, 0.25) is 0 Å². The van der Waals surface area contributed by atoms with Gasteiger partial charge in [0.1, 0.15) is 0 Å². The number of nitrogens with zero attached hydrogens (tertiary/aromatic N) is 2. The molecule has 1 aromatic heterocycles. The lowest BCUT2D eigenvalue weighted by molar-refractivity contribution is -0.386. The molecular weight excluding hydrogens is 224 g/mol. The molecule has 17 heavy (non-hydrogen) atoms. The van der Waals surface area contributed by atoms with Gasteiger partial charge < -0.3 is 4.57 Å². The minimum atomic E-state index is -0.755. The van der Waals surface area contributed by atoms with Crippen LogP contribution in [0.3, 0.4) is 0 Å². The molecule has 0 unspecified atom stereocenters. The molecule has 0 saturated heterocycles. The van der Waals surface area contributed by atoms with Gasteiger partial charge in [-0.3, -0.25) is 19.7 Å². The predicted molar refractivity (Wildman–Crippen MR) is 61.8 cm³/mol. The molecule has 1 heterocycles. The van der Waals surface area contributed by atoms with Crippen LogP contribution in [-0.2, 0) is 11.3 Å². The van der Waals surface area contributed by atoms with Crippen LogP contribution in [-0.4, -0.2) is 15.3 Å². The van der Waals surface area contributed by atoms with Crippen LogP contribution >= 0.6 is 0 Å². The fourth-order valence-corrected chi connectivity index (χ4v) is 1.18. The fraction of sp³-hybridized carbons (Fsp3) is 0.455. The van der Waals surface area contributed by atoms with Crippen molar-refractivity contribution in [2.75, 3.05) is 0 Å². The summed E-state index contributed by atoms with van der Waals surface area (Å²) in [6, 6.07) is 2.51. The average molecular weight is 238 g/mol. The zero-order chi connectivity index (χ0) is 13.2. The van der Waals surface area contributed by atoms with Gasteiger partial charge in [-0.05, 0) is 6.07 Å². The van der Waals surface area contributed by atoms with Gasteiger partial charge in [-0.25, -0.2) is 0 Å². The predicted octanol–water partition coefficient (Wildman–Crippen LogP) is 1.37. The zero-order valence-electron chi connectivity index (χ0n) is 9.97. The fourth-order valence-electron chi connectivity index (χ4n) is 1.18. The molecule has 0 spiro atoms. The quantitative estimate of drug-likeness (QED) is 0.588. The Labute approximate surface area is 98.0 Å². The van der Waals surface area contributed by atoms with Gasteiger partial charge in [0.25, 0.3) is 0 Å². The van der Waals surface area contributed by atoms with Gasteiger partial charge in [-0.1, -0.05) is 20.8 Å². The number of carbonyl (C=O) groups excluding carboxylic acids is 1. The van der Waals surface area contributed by atoms with Crippen LogP contribution in [0.4, 0.5) is 5.69 Å². The third-order valence-electron chi connectivity index (χ3n) is 2.35. The third kappa shape index (κ3) is 2.99. The van der Waals surface area contributed by atoms with Crippen LogP contribution in [0.1, 0.15) is 20.8 Å². The number of hydrogen-bond donors (Lipinski definition) is 0. The molecule has 6 nitrogen and oxygen atoms in total. The number of ketones is 1. The van der Waals surface area contributed by atoms with E-state index in [0.29, 0.717) is 0 Å². The van der Waals surface area contributed by atoms with E-state index < -0.39 is 21.6 Å². The molecule has 6 heteroatoms. The van der Waals surface area contributed by atoms with E-state index in [0.717, 1.165) is 10.6 Å². The largest absolute Gasteiger partial charge is 0.334 e. The summed E-state index contributed by atoms with van der Waals surface area (Å²) in [7, 11) is 0. The molecule has 1 rings (SSSR count). The Hall–Kier alpha value is -1.98. The molecule has 0 aliphatic carbocycles. The number of aromatic nitrogens is 1. The van der Waals surface area contributed by atoms with Crippen molar-refractivity contribution in [1.82, 2.24) is 4.57 Å². The van der Waals surface area contributed by atoms with Crippen molar-refractivity contribution in [1.29, 1.82) is 0 Å². The Morgan fingerprint density at radius 1 is 1.47 bits per heavy atom. The van der Waals surface area contributed by atoms with E-state index in [4.69, 9.17) is 0 Å². The van der Waals surface area contributed by atoms with Crippen molar-refractivity contribution >= 4 is 11.5 Å². The molecule has 0 aliphatic heterocycles. The molecule has 1 aromatic rings. The van der Waals surface area contributed by atoms with E-state index in [1.54, 1.807) is 20.8 Å². The zero-order valence-corrected chi connectivity index (χ0v) is 9.97.